The van der Waals surface area contributed by atoms with Gasteiger partial charge in [-0.3, -0.25) is 9.59 Å². The standard InChI is InChI=1S/C22H19FN2O3/c1-15-8-2-5-11-18(15)25-22(27)16-9-3-7-13-20(16)28-14-21(26)24-19-12-6-4-10-17(19)23/h2-13H,14H2,1H3,(H,24,26)(H,25,27). The molecule has 0 atom stereocenters. The lowest BCUT2D eigenvalue weighted by Gasteiger charge is -2.13. The highest BCUT2D eigenvalue weighted by molar-refractivity contribution is 6.06. The highest BCUT2D eigenvalue weighted by Gasteiger charge is 2.15. The van der Waals surface area contributed by atoms with Crippen LogP contribution in [0.2, 0.25) is 0 Å². The molecule has 3 aromatic rings. The van der Waals surface area contributed by atoms with Gasteiger partial charge in [0.1, 0.15) is 11.6 Å². The van der Waals surface area contributed by atoms with Crippen molar-refractivity contribution in [1.82, 2.24) is 0 Å². The Morgan fingerprint density at radius 3 is 2.25 bits per heavy atom. The van der Waals surface area contributed by atoms with Crippen LogP contribution in [0, 0.1) is 12.7 Å². The molecule has 28 heavy (non-hydrogen) atoms. The predicted octanol–water partition coefficient (Wildman–Crippen LogP) is 4.40. The van der Waals surface area contributed by atoms with Gasteiger partial charge in [0, 0.05) is 5.69 Å². The quantitative estimate of drug-likeness (QED) is 0.668. The second-order valence-electron chi connectivity index (χ2n) is 6.08. The molecule has 0 aliphatic carbocycles. The molecule has 0 aromatic heterocycles. The van der Waals surface area contributed by atoms with Crippen LogP contribution >= 0.6 is 0 Å². The Morgan fingerprint density at radius 2 is 1.50 bits per heavy atom. The molecule has 0 fully saturated rings. The Bertz CT molecular complexity index is 1000. The first-order valence-electron chi connectivity index (χ1n) is 8.68. The van der Waals surface area contributed by atoms with Crippen LogP contribution < -0.4 is 15.4 Å². The van der Waals surface area contributed by atoms with E-state index < -0.39 is 11.7 Å². The topological polar surface area (TPSA) is 67.4 Å². The Labute approximate surface area is 162 Å². The van der Waals surface area contributed by atoms with Gasteiger partial charge in [-0.1, -0.05) is 42.5 Å². The maximum atomic E-state index is 13.6. The monoisotopic (exact) mass is 378 g/mol. The Balaban J connectivity index is 1.67. The lowest BCUT2D eigenvalue weighted by atomic mass is 10.1. The van der Waals surface area contributed by atoms with Crippen LogP contribution in [-0.2, 0) is 4.79 Å². The number of carbonyl (C=O) groups excluding carboxylic acids is 2. The van der Waals surface area contributed by atoms with Crippen LogP contribution in [0.15, 0.2) is 72.8 Å². The zero-order valence-electron chi connectivity index (χ0n) is 15.2. The third-order valence-electron chi connectivity index (χ3n) is 4.03. The van der Waals surface area contributed by atoms with Gasteiger partial charge in [-0.05, 0) is 42.8 Å². The van der Waals surface area contributed by atoms with Gasteiger partial charge < -0.3 is 15.4 Å². The minimum absolute atomic E-state index is 0.0710. The van der Waals surface area contributed by atoms with Crippen molar-refractivity contribution in [3.8, 4) is 5.75 Å². The van der Waals surface area contributed by atoms with E-state index in [1.807, 2.05) is 25.1 Å². The molecule has 0 unspecified atom stereocenters. The number of benzene rings is 3. The van der Waals surface area contributed by atoms with Gasteiger partial charge in [0.05, 0.1) is 11.3 Å². The fraction of sp³-hybridized carbons (Fsp3) is 0.0909. The average molecular weight is 378 g/mol. The molecule has 2 amide bonds. The number of anilines is 2. The fourth-order valence-corrected chi connectivity index (χ4v) is 2.58. The number of para-hydroxylation sites is 3. The third-order valence-corrected chi connectivity index (χ3v) is 4.03. The molecule has 0 radical (unpaired) electrons. The molecule has 0 heterocycles. The first-order chi connectivity index (χ1) is 13.5. The molecule has 3 rings (SSSR count). The third kappa shape index (κ3) is 4.73. The first-order valence-corrected chi connectivity index (χ1v) is 8.68. The summed E-state index contributed by atoms with van der Waals surface area (Å²) in [5.74, 6) is -1.15. The number of hydrogen-bond donors (Lipinski definition) is 2. The van der Waals surface area contributed by atoms with Crippen LogP contribution in [0.4, 0.5) is 15.8 Å². The number of amides is 2. The van der Waals surface area contributed by atoms with Crippen LogP contribution in [0.3, 0.4) is 0 Å². The number of halogens is 1. The summed E-state index contributed by atoms with van der Waals surface area (Å²) in [5, 5.41) is 5.27. The van der Waals surface area contributed by atoms with Gasteiger partial charge in [0.2, 0.25) is 0 Å². The van der Waals surface area contributed by atoms with Crippen LogP contribution in [0.5, 0.6) is 5.75 Å². The largest absolute Gasteiger partial charge is 0.483 e. The van der Waals surface area contributed by atoms with Crippen molar-refractivity contribution >= 4 is 23.2 Å². The van der Waals surface area contributed by atoms with Gasteiger partial charge in [-0.15, -0.1) is 0 Å². The zero-order valence-corrected chi connectivity index (χ0v) is 15.2. The molecular weight excluding hydrogens is 359 g/mol. The number of aryl methyl sites for hydroxylation is 1. The zero-order chi connectivity index (χ0) is 19.9. The highest BCUT2D eigenvalue weighted by Crippen LogP contribution is 2.21. The number of hydrogen-bond acceptors (Lipinski definition) is 3. The van der Waals surface area contributed by atoms with E-state index in [0.717, 1.165) is 5.56 Å². The summed E-state index contributed by atoms with van der Waals surface area (Å²) in [6.45, 7) is 1.54. The Morgan fingerprint density at radius 1 is 0.857 bits per heavy atom. The molecule has 0 aliphatic rings. The SMILES string of the molecule is Cc1ccccc1NC(=O)c1ccccc1OCC(=O)Nc1ccccc1F. The normalized spacial score (nSPS) is 10.2. The molecule has 0 bridgehead atoms. The lowest BCUT2D eigenvalue weighted by molar-refractivity contribution is -0.118. The molecule has 5 nitrogen and oxygen atoms in total. The van der Waals surface area contributed by atoms with E-state index in [1.54, 1.807) is 36.4 Å². The van der Waals surface area contributed by atoms with Crippen molar-refractivity contribution < 1.29 is 18.7 Å². The molecule has 0 saturated heterocycles. The van der Waals surface area contributed by atoms with E-state index in [1.165, 1.54) is 18.2 Å². The Hall–Kier alpha value is -3.67. The summed E-state index contributed by atoms with van der Waals surface area (Å²) < 4.78 is 19.1. The lowest BCUT2D eigenvalue weighted by Crippen LogP contribution is -2.22. The number of rotatable bonds is 6. The molecule has 3 aromatic carbocycles. The molecule has 2 N–H and O–H groups in total. The van der Waals surface area contributed by atoms with Crippen molar-refractivity contribution in [2.75, 3.05) is 17.2 Å². The summed E-state index contributed by atoms with van der Waals surface area (Å²) in [5.41, 5.74) is 1.99. The van der Waals surface area contributed by atoms with Crippen molar-refractivity contribution in [1.29, 1.82) is 0 Å². The second-order valence-corrected chi connectivity index (χ2v) is 6.08. The molecule has 0 saturated carbocycles. The number of ether oxygens (including phenoxy) is 1. The maximum absolute atomic E-state index is 13.6. The molecule has 6 heteroatoms. The minimum atomic E-state index is -0.533. The van der Waals surface area contributed by atoms with Gasteiger partial charge >= 0.3 is 0 Å². The smallest absolute Gasteiger partial charge is 0.262 e. The Kier molecular flexibility index (Phi) is 6.01. The van der Waals surface area contributed by atoms with E-state index in [4.69, 9.17) is 4.74 Å². The summed E-state index contributed by atoms with van der Waals surface area (Å²) in [4.78, 5) is 24.7. The van der Waals surface area contributed by atoms with Crippen LogP contribution in [0.1, 0.15) is 15.9 Å². The summed E-state index contributed by atoms with van der Waals surface area (Å²) in [6, 6.07) is 19.9. The predicted molar refractivity (Wildman–Crippen MR) is 106 cm³/mol. The van der Waals surface area contributed by atoms with Gasteiger partial charge in [-0.25, -0.2) is 4.39 Å². The van der Waals surface area contributed by atoms with E-state index in [2.05, 4.69) is 10.6 Å². The van der Waals surface area contributed by atoms with Gasteiger partial charge in [-0.2, -0.15) is 0 Å². The minimum Gasteiger partial charge on any atom is -0.483 e. The van der Waals surface area contributed by atoms with Crippen LogP contribution in [0.25, 0.3) is 0 Å². The molecule has 0 spiro atoms. The highest BCUT2D eigenvalue weighted by atomic mass is 19.1. The average Bonchev–Trinajstić information content (AvgIpc) is 2.70. The van der Waals surface area contributed by atoms with E-state index in [9.17, 15) is 14.0 Å². The van der Waals surface area contributed by atoms with E-state index in [0.29, 0.717) is 11.3 Å². The summed E-state index contributed by atoms with van der Waals surface area (Å²) >= 11 is 0. The maximum Gasteiger partial charge on any atom is 0.262 e. The molecular formula is C22H19FN2O3. The summed E-state index contributed by atoms with van der Waals surface area (Å²) in [7, 11) is 0. The first kappa shape index (κ1) is 19.1. The molecule has 142 valence electrons. The van der Waals surface area contributed by atoms with Crippen molar-refractivity contribution in [3.63, 3.8) is 0 Å². The number of nitrogens with one attached hydrogen (secondary N) is 2. The van der Waals surface area contributed by atoms with Crippen molar-refractivity contribution in [2.45, 2.75) is 6.92 Å². The van der Waals surface area contributed by atoms with Gasteiger partial charge in [0.25, 0.3) is 11.8 Å². The molecule has 0 aliphatic heterocycles. The van der Waals surface area contributed by atoms with Crippen molar-refractivity contribution in [3.05, 3.63) is 89.7 Å². The van der Waals surface area contributed by atoms with Crippen molar-refractivity contribution in [2.24, 2.45) is 0 Å². The van der Waals surface area contributed by atoms with E-state index in [-0.39, 0.29) is 24.0 Å². The van der Waals surface area contributed by atoms with E-state index >= 15 is 0 Å². The second kappa shape index (κ2) is 8.81. The summed E-state index contributed by atoms with van der Waals surface area (Å²) in [6.07, 6.45) is 0. The number of carbonyl (C=O) groups is 2. The van der Waals surface area contributed by atoms with Gasteiger partial charge in [0.15, 0.2) is 6.61 Å². The van der Waals surface area contributed by atoms with Crippen LogP contribution in [-0.4, -0.2) is 18.4 Å². The fourth-order valence-electron chi connectivity index (χ4n) is 2.58.